The van der Waals surface area contributed by atoms with Gasteiger partial charge < -0.3 is 10.6 Å². The fourth-order valence-corrected chi connectivity index (χ4v) is 3.93. The van der Waals surface area contributed by atoms with Gasteiger partial charge in [-0.25, -0.2) is 0 Å². The molecular formula is C24H46N2O2. The second-order valence-corrected chi connectivity index (χ2v) is 8.56. The van der Waals surface area contributed by atoms with Crippen molar-refractivity contribution in [3.05, 3.63) is 0 Å². The molecule has 0 unspecified atom stereocenters. The molecule has 0 aromatic carbocycles. The average molecular weight is 395 g/mol. The van der Waals surface area contributed by atoms with Crippen LogP contribution in [0.2, 0.25) is 0 Å². The largest absolute Gasteiger partial charge is 0.356 e. The predicted octanol–water partition coefficient (Wildman–Crippen LogP) is 6.03. The Kier molecular flexibility index (Phi) is 17.2. The fourth-order valence-electron chi connectivity index (χ4n) is 3.93. The average Bonchev–Trinajstić information content (AvgIpc) is 2.73. The second kappa shape index (κ2) is 19.3. The van der Waals surface area contributed by atoms with Crippen LogP contribution in [-0.2, 0) is 9.59 Å². The first-order chi connectivity index (χ1) is 13.8. The van der Waals surface area contributed by atoms with E-state index < -0.39 is 0 Å². The Balaban J connectivity index is 0.000000280. The van der Waals surface area contributed by atoms with Crippen LogP contribution < -0.4 is 10.6 Å². The Bertz CT molecular complexity index is 317. The summed E-state index contributed by atoms with van der Waals surface area (Å²) >= 11 is 0. The molecule has 2 fully saturated rings. The molecule has 0 aliphatic carbocycles. The van der Waals surface area contributed by atoms with Gasteiger partial charge in [0, 0.05) is 25.9 Å². The van der Waals surface area contributed by atoms with Crippen molar-refractivity contribution in [2.75, 3.05) is 13.1 Å². The molecule has 2 aliphatic rings. The van der Waals surface area contributed by atoms with Crippen molar-refractivity contribution in [2.45, 2.75) is 128 Å². The third kappa shape index (κ3) is 17.1. The number of amides is 2. The molecule has 4 nitrogen and oxygen atoms in total. The normalized spacial score (nSPS) is 22.7. The third-order valence-corrected chi connectivity index (χ3v) is 5.81. The van der Waals surface area contributed by atoms with Gasteiger partial charge in [0.1, 0.15) is 0 Å². The number of carbonyl (C=O) groups excluding carboxylic acids is 2. The molecule has 4 heteroatoms. The van der Waals surface area contributed by atoms with E-state index in [-0.39, 0.29) is 11.8 Å². The van der Waals surface area contributed by atoms with E-state index in [0.29, 0.717) is 0 Å². The lowest BCUT2D eigenvalue weighted by molar-refractivity contribution is -0.122. The summed E-state index contributed by atoms with van der Waals surface area (Å²) in [5.74, 6) is 0.508. The topological polar surface area (TPSA) is 58.2 Å². The first-order valence-electron chi connectivity index (χ1n) is 12.3. The maximum atomic E-state index is 11.3. The molecule has 164 valence electrons. The highest BCUT2D eigenvalue weighted by Crippen LogP contribution is 2.12. The number of hydrogen-bond acceptors (Lipinski definition) is 2. The quantitative estimate of drug-likeness (QED) is 0.526. The maximum absolute atomic E-state index is 11.3. The molecule has 0 aromatic rings. The van der Waals surface area contributed by atoms with Gasteiger partial charge >= 0.3 is 0 Å². The van der Waals surface area contributed by atoms with Gasteiger partial charge in [-0.15, -0.1) is 0 Å². The molecule has 0 atom stereocenters. The molecule has 2 amide bonds. The zero-order chi connectivity index (χ0) is 20.1. The Morgan fingerprint density at radius 2 is 0.607 bits per heavy atom. The second-order valence-electron chi connectivity index (χ2n) is 8.56. The molecule has 2 rings (SSSR count). The third-order valence-electron chi connectivity index (χ3n) is 5.81. The van der Waals surface area contributed by atoms with Gasteiger partial charge in [0.2, 0.25) is 11.8 Å². The minimum atomic E-state index is 0.254. The molecule has 2 aliphatic heterocycles. The zero-order valence-corrected chi connectivity index (χ0v) is 18.4. The molecule has 0 saturated carbocycles. The van der Waals surface area contributed by atoms with Gasteiger partial charge in [-0.2, -0.15) is 0 Å². The van der Waals surface area contributed by atoms with Gasteiger partial charge in [-0.1, -0.05) is 89.9 Å². The van der Waals surface area contributed by atoms with Crippen LogP contribution in [0.15, 0.2) is 0 Å². The Morgan fingerprint density at radius 1 is 0.357 bits per heavy atom. The van der Waals surface area contributed by atoms with E-state index in [9.17, 15) is 9.59 Å². The van der Waals surface area contributed by atoms with E-state index in [2.05, 4.69) is 10.6 Å². The van der Waals surface area contributed by atoms with Crippen LogP contribution in [0.3, 0.4) is 0 Å². The summed E-state index contributed by atoms with van der Waals surface area (Å²) in [6.45, 7) is 1.78. The van der Waals surface area contributed by atoms with Crippen molar-refractivity contribution in [1.82, 2.24) is 10.6 Å². The number of rotatable bonds is 0. The monoisotopic (exact) mass is 394 g/mol. The molecule has 0 bridgehead atoms. The van der Waals surface area contributed by atoms with E-state index in [4.69, 9.17) is 0 Å². The van der Waals surface area contributed by atoms with Gasteiger partial charge in [0.15, 0.2) is 0 Å². The molecule has 0 radical (unpaired) electrons. The summed E-state index contributed by atoms with van der Waals surface area (Å²) in [6, 6.07) is 0. The van der Waals surface area contributed by atoms with E-state index in [1.165, 1.54) is 89.9 Å². The first kappa shape index (κ1) is 25.0. The highest BCUT2D eigenvalue weighted by molar-refractivity contribution is 5.76. The smallest absolute Gasteiger partial charge is 0.219 e. The summed E-state index contributed by atoms with van der Waals surface area (Å²) in [5, 5.41) is 5.96. The minimum absolute atomic E-state index is 0.254. The zero-order valence-electron chi connectivity index (χ0n) is 18.4. The lowest BCUT2D eigenvalue weighted by atomic mass is 10.1. The van der Waals surface area contributed by atoms with Crippen molar-refractivity contribution in [1.29, 1.82) is 0 Å². The number of nitrogens with one attached hydrogen (secondary N) is 2. The molecule has 2 N–H and O–H groups in total. The van der Waals surface area contributed by atoms with Crippen LogP contribution in [0.4, 0.5) is 0 Å². The predicted molar refractivity (Wildman–Crippen MR) is 118 cm³/mol. The molecular weight excluding hydrogens is 348 g/mol. The van der Waals surface area contributed by atoms with Gasteiger partial charge in [-0.3, -0.25) is 9.59 Å². The summed E-state index contributed by atoms with van der Waals surface area (Å²) in [7, 11) is 0. The Labute approximate surface area is 174 Å². The summed E-state index contributed by atoms with van der Waals surface area (Å²) in [5.41, 5.74) is 0. The molecule has 28 heavy (non-hydrogen) atoms. The van der Waals surface area contributed by atoms with Crippen LogP contribution in [0, 0.1) is 0 Å². The van der Waals surface area contributed by atoms with Crippen molar-refractivity contribution >= 4 is 11.8 Å². The summed E-state index contributed by atoms with van der Waals surface area (Å²) in [4.78, 5) is 22.5. The molecule has 2 saturated heterocycles. The van der Waals surface area contributed by atoms with E-state index in [1.54, 1.807) is 0 Å². The van der Waals surface area contributed by atoms with Crippen LogP contribution in [-0.4, -0.2) is 24.9 Å². The van der Waals surface area contributed by atoms with Crippen molar-refractivity contribution in [2.24, 2.45) is 0 Å². The fraction of sp³-hybridized carbons (Fsp3) is 0.917. The lowest BCUT2D eigenvalue weighted by Gasteiger charge is -2.03. The number of hydrogen-bond donors (Lipinski definition) is 2. The van der Waals surface area contributed by atoms with E-state index >= 15 is 0 Å². The van der Waals surface area contributed by atoms with Crippen LogP contribution in [0.25, 0.3) is 0 Å². The minimum Gasteiger partial charge on any atom is -0.356 e. The first-order valence-corrected chi connectivity index (χ1v) is 12.3. The van der Waals surface area contributed by atoms with Crippen LogP contribution in [0.1, 0.15) is 128 Å². The SMILES string of the molecule is O=C1CCCCCCCCCCCN1.O=C1CCCCCCCCCCCN1. The van der Waals surface area contributed by atoms with Crippen LogP contribution >= 0.6 is 0 Å². The summed E-state index contributed by atoms with van der Waals surface area (Å²) < 4.78 is 0. The van der Waals surface area contributed by atoms with Crippen molar-refractivity contribution < 1.29 is 9.59 Å². The highest BCUT2D eigenvalue weighted by Gasteiger charge is 2.02. The Morgan fingerprint density at radius 3 is 0.929 bits per heavy atom. The number of carbonyl (C=O) groups is 2. The van der Waals surface area contributed by atoms with Crippen molar-refractivity contribution in [3.8, 4) is 0 Å². The van der Waals surface area contributed by atoms with E-state index in [0.717, 1.165) is 51.6 Å². The summed E-state index contributed by atoms with van der Waals surface area (Å²) in [6.07, 6.45) is 24.5. The maximum Gasteiger partial charge on any atom is 0.219 e. The van der Waals surface area contributed by atoms with Crippen molar-refractivity contribution in [3.63, 3.8) is 0 Å². The van der Waals surface area contributed by atoms with Crippen LogP contribution in [0.5, 0.6) is 0 Å². The molecule has 0 aromatic heterocycles. The lowest BCUT2D eigenvalue weighted by Crippen LogP contribution is -2.23. The highest BCUT2D eigenvalue weighted by atomic mass is 16.2. The van der Waals surface area contributed by atoms with E-state index in [1.807, 2.05) is 0 Å². The van der Waals surface area contributed by atoms with Gasteiger partial charge in [0.05, 0.1) is 0 Å². The van der Waals surface area contributed by atoms with Gasteiger partial charge in [-0.05, 0) is 25.7 Å². The molecule has 0 spiro atoms. The molecule has 2 heterocycles. The Hall–Kier alpha value is -1.06. The standard InChI is InChI=1S/2C12H23NO/c2*14-12-10-8-6-4-2-1-3-5-7-9-11-13-12/h2*1-11H2,(H,13,14). The van der Waals surface area contributed by atoms with Gasteiger partial charge in [0.25, 0.3) is 0 Å².